The molecule has 4 aromatic carbocycles. The topological polar surface area (TPSA) is 25.8 Å². The molecule has 0 bridgehead atoms. The Morgan fingerprint density at radius 2 is 1.20 bits per heavy atom. The van der Waals surface area contributed by atoms with Crippen molar-refractivity contribution in [1.29, 1.82) is 0 Å². The first kappa shape index (κ1) is 14.4. The van der Waals surface area contributed by atoms with Gasteiger partial charge in [-0.25, -0.2) is 9.97 Å². The Bertz CT molecular complexity index is 1220. The Labute approximate surface area is 149 Å². The molecule has 118 valence electrons. The molecule has 1 heterocycles. The van der Waals surface area contributed by atoms with Gasteiger partial charge in [0.05, 0.1) is 22.1 Å². The average molecular weight is 338 g/mol. The molecule has 3 heteroatoms. The Morgan fingerprint density at radius 3 is 2.00 bits per heavy atom. The van der Waals surface area contributed by atoms with Crippen LogP contribution in [0.15, 0.2) is 94.7 Å². The number of benzene rings is 4. The first-order valence-electron chi connectivity index (χ1n) is 8.20. The maximum absolute atomic E-state index is 4.88. The van der Waals surface area contributed by atoms with Crippen molar-refractivity contribution in [2.45, 2.75) is 9.79 Å². The van der Waals surface area contributed by atoms with Crippen LogP contribution in [0.25, 0.3) is 32.8 Å². The number of rotatable bonds is 2. The first-order chi connectivity index (χ1) is 12.4. The number of hydrogen-bond acceptors (Lipinski definition) is 3. The molecule has 0 saturated carbocycles. The second-order valence-corrected chi connectivity index (χ2v) is 7.03. The zero-order valence-corrected chi connectivity index (χ0v) is 14.2. The van der Waals surface area contributed by atoms with Gasteiger partial charge in [0.1, 0.15) is 0 Å². The summed E-state index contributed by atoms with van der Waals surface area (Å²) in [6.07, 6.45) is 0. The normalized spacial score (nSPS) is 11.4. The SMILES string of the molecule is c1ccc(Sc2cc3nc4ccccc4nc3c3ccccc23)cc1. The molecule has 2 nitrogen and oxygen atoms in total. The first-order valence-corrected chi connectivity index (χ1v) is 9.01. The van der Waals surface area contributed by atoms with Gasteiger partial charge in [0.25, 0.3) is 0 Å². The van der Waals surface area contributed by atoms with Crippen LogP contribution in [0, 0.1) is 0 Å². The van der Waals surface area contributed by atoms with Crippen molar-refractivity contribution < 1.29 is 0 Å². The van der Waals surface area contributed by atoms with E-state index in [1.807, 2.05) is 30.3 Å². The van der Waals surface area contributed by atoms with E-state index in [-0.39, 0.29) is 0 Å². The van der Waals surface area contributed by atoms with Crippen molar-refractivity contribution in [3.05, 3.63) is 84.9 Å². The van der Waals surface area contributed by atoms with Crippen LogP contribution in [0.2, 0.25) is 0 Å². The molecule has 25 heavy (non-hydrogen) atoms. The minimum absolute atomic E-state index is 0.931. The maximum atomic E-state index is 4.88. The summed E-state index contributed by atoms with van der Waals surface area (Å²) in [6, 6.07) is 29.1. The third kappa shape index (κ3) is 2.53. The average Bonchev–Trinajstić information content (AvgIpc) is 2.68. The third-order valence-electron chi connectivity index (χ3n) is 4.28. The summed E-state index contributed by atoms with van der Waals surface area (Å²) in [6.45, 7) is 0. The van der Waals surface area contributed by atoms with E-state index >= 15 is 0 Å². The van der Waals surface area contributed by atoms with Crippen LogP contribution in [0.3, 0.4) is 0 Å². The van der Waals surface area contributed by atoms with Gasteiger partial charge in [0.15, 0.2) is 0 Å². The third-order valence-corrected chi connectivity index (χ3v) is 5.35. The van der Waals surface area contributed by atoms with Crippen molar-refractivity contribution in [2.24, 2.45) is 0 Å². The highest BCUT2D eigenvalue weighted by molar-refractivity contribution is 7.99. The monoisotopic (exact) mass is 338 g/mol. The van der Waals surface area contributed by atoms with Crippen molar-refractivity contribution in [3.63, 3.8) is 0 Å². The van der Waals surface area contributed by atoms with Gasteiger partial charge < -0.3 is 0 Å². The van der Waals surface area contributed by atoms with Crippen molar-refractivity contribution >= 4 is 44.6 Å². The molecule has 0 atom stereocenters. The zero-order chi connectivity index (χ0) is 16.6. The van der Waals surface area contributed by atoms with Crippen LogP contribution in [-0.2, 0) is 0 Å². The number of fused-ring (bicyclic) bond motifs is 4. The molecule has 0 amide bonds. The molecule has 0 spiro atoms. The Morgan fingerprint density at radius 1 is 0.560 bits per heavy atom. The smallest absolute Gasteiger partial charge is 0.0973 e. The minimum Gasteiger partial charge on any atom is -0.244 e. The highest BCUT2D eigenvalue weighted by Crippen LogP contribution is 2.37. The highest BCUT2D eigenvalue weighted by atomic mass is 32.2. The van der Waals surface area contributed by atoms with E-state index in [2.05, 4.69) is 54.6 Å². The van der Waals surface area contributed by atoms with E-state index in [9.17, 15) is 0 Å². The van der Waals surface area contributed by atoms with Gasteiger partial charge in [0, 0.05) is 15.2 Å². The van der Waals surface area contributed by atoms with Crippen LogP contribution in [0.1, 0.15) is 0 Å². The molecular formula is C22H14N2S. The van der Waals surface area contributed by atoms with E-state index in [0.29, 0.717) is 0 Å². The molecule has 0 N–H and O–H groups in total. The second kappa shape index (κ2) is 5.87. The molecule has 0 fully saturated rings. The summed E-state index contributed by atoms with van der Waals surface area (Å²) >= 11 is 1.77. The summed E-state index contributed by atoms with van der Waals surface area (Å²) in [5.74, 6) is 0. The van der Waals surface area contributed by atoms with E-state index in [0.717, 1.165) is 27.5 Å². The standard InChI is InChI=1S/C22H14N2S/c1-2-8-15(9-3-1)25-21-14-20-22(17-11-5-4-10-16(17)21)24-19-13-7-6-12-18(19)23-20/h1-14H. The van der Waals surface area contributed by atoms with Gasteiger partial charge in [-0.15, -0.1) is 0 Å². The van der Waals surface area contributed by atoms with Crippen LogP contribution in [0.5, 0.6) is 0 Å². The quantitative estimate of drug-likeness (QED) is 0.288. The summed E-state index contributed by atoms with van der Waals surface area (Å²) in [5, 5.41) is 2.37. The summed E-state index contributed by atoms with van der Waals surface area (Å²) in [4.78, 5) is 12.2. The lowest BCUT2D eigenvalue weighted by molar-refractivity contribution is 1.38. The lowest BCUT2D eigenvalue weighted by Gasteiger charge is -2.10. The van der Waals surface area contributed by atoms with E-state index in [4.69, 9.17) is 9.97 Å². The largest absolute Gasteiger partial charge is 0.244 e. The summed E-state index contributed by atoms with van der Waals surface area (Å²) < 4.78 is 0. The molecular weight excluding hydrogens is 324 g/mol. The van der Waals surface area contributed by atoms with Crippen LogP contribution in [-0.4, -0.2) is 9.97 Å². The zero-order valence-electron chi connectivity index (χ0n) is 13.4. The summed E-state index contributed by atoms with van der Waals surface area (Å²) in [5.41, 5.74) is 3.77. The minimum atomic E-state index is 0.931. The van der Waals surface area contributed by atoms with Gasteiger partial charge in [-0.05, 0) is 35.7 Å². The lowest BCUT2D eigenvalue weighted by atomic mass is 10.1. The van der Waals surface area contributed by atoms with E-state index < -0.39 is 0 Å². The predicted octanol–water partition coefficient (Wildman–Crippen LogP) is 6.09. The number of nitrogens with zero attached hydrogens (tertiary/aromatic N) is 2. The summed E-state index contributed by atoms with van der Waals surface area (Å²) in [7, 11) is 0. The van der Waals surface area contributed by atoms with E-state index in [1.165, 1.54) is 15.2 Å². The lowest BCUT2D eigenvalue weighted by Crippen LogP contribution is -1.90. The van der Waals surface area contributed by atoms with Crippen LogP contribution < -0.4 is 0 Å². The fraction of sp³-hybridized carbons (Fsp3) is 0. The van der Waals surface area contributed by atoms with Crippen molar-refractivity contribution in [3.8, 4) is 0 Å². The molecule has 0 aliphatic rings. The molecule has 0 aliphatic carbocycles. The molecule has 1 aromatic heterocycles. The molecule has 5 rings (SSSR count). The van der Waals surface area contributed by atoms with Gasteiger partial charge in [-0.3, -0.25) is 0 Å². The van der Waals surface area contributed by atoms with Crippen molar-refractivity contribution in [2.75, 3.05) is 0 Å². The van der Waals surface area contributed by atoms with Crippen LogP contribution >= 0.6 is 11.8 Å². The fourth-order valence-corrected chi connectivity index (χ4v) is 4.12. The number of hydrogen-bond donors (Lipinski definition) is 0. The number of para-hydroxylation sites is 2. The van der Waals surface area contributed by atoms with E-state index in [1.54, 1.807) is 11.8 Å². The molecule has 0 radical (unpaired) electrons. The number of aromatic nitrogens is 2. The van der Waals surface area contributed by atoms with Crippen LogP contribution in [0.4, 0.5) is 0 Å². The fourth-order valence-electron chi connectivity index (χ4n) is 3.12. The predicted molar refractivity (Wildman–Crippen MR) is 105 cm³/mol. The van der Waals surface area contributed by atoms with Gasteiger partial charge in [-0.1, -0.05) is 66.4 Å². The van der Waals surface area contributed by atoms with Gasteiger partial charge >= 0.3 is 0 Å². The Kier molecular flexibility index (Phi) is 3.39. The Hall–Kier alpha value is -2.91. The maximum Gasteiger partial charge on any atom is 0.0973 e. The van der Waals surface area contributed by atoms with Crippen molar-refractivity contribution in [1.82, 2.24) is 9.97 Å². The molecule has 5 aromatic rings. The molecule has 0 saturated heterocycles. The van der Waals surface area contributed by atoms with Gasteiger partial charge in [0.2, 0.25) is 0 Å². The Balaban J connectivity index is 1.82. The molecule has 0 unspecified atom stereocenters. The second-order valence-electron chi connectivity index (χ2n) is 5.92. The highest BCUT2D eigenvalue weighted by Gasteiger charge is 2.11. The molecule has 0 aliphatic heterocycles. The van der Waals surface area contributed by atoms with Gasteiger partial charge in [-0.2, -0.15) is 0 Å².